The number of hydrogen-bond acceptors (Lipinski definition) is 1. The molecule has 0 radical (unpaired) electrons. The van der Waals surface area contributed by atoms with E-state index >= 15 is 0 Å². The number of nitrogens with one attached hydrogen (secondary N) is 2. The number of rotatable bonds is 5. The number of carbonyl (C=O) groups excluding carboxylic acids is 1. The van der Waals surface area contributed by atoms with Crippen molar-refractivity contribution in [2.24, 2.45) is 5.92 Å². The zero-order valence-corrected chi connectivity index (χ0v) is 14.7. The number of urea groups is 1. The Kier molecular flexibility index (Phi) is 5.01. The normalized spacial score (nSPS) is 16.4. The largest absolute Gasteiger partial charge is 0.332 e. The molecule has 2 atom stereocenters. The van der Waals surface area contributed by atoms with E-state index in [0.29, 0.717) is 5.92 Å². The summed E-state index contributed by atoms with van der Waals surface area (Å²) in [5.41, 5.74) is 2.25. The van der Waals surface area contributed by atoms with Gasteiger partial charge in [0, 0.05) is 4.47 Å². The molecule has 2 amide bonds. The molecular weight excluding hydrogens is 352 g/mol. The van der Waals surface area contributed by atoms with Gasteiger partial charge in [-0.05, 0) is 42.9 Å². The molecule has 4 heteroatoms. The summed E-state index contributed by atoms with van der Waals surface area (Å²) >= 11 is 3.54. The van der Waals surface area contributed by atoms with E-state index in [2.05, 4.69) is 38.7 Å². The van der Waals surface area contributed by atoms with Gasteiger partial charge in [-0.2, -0.15) is 0 Å². The highest BCUT2D eigenvalue weighted by molar-refractivity contribution is 9.10. The maximum absolute atomic E-state index is 12.4. The molecule has 0 aromatic heterocycles. The Morgan fingerprint density at radius 1 is 1.04 bits per heavy atom. The van der Waals surface area contributed by atoms with E-state index in [-0.39, 0.29) is 18.1 Å². The molecule has 0 heterocycles. The number of hydrogen-bond donors (Lipinski definition) is 2. The summed E-state index contributed by atoms with van der Waals surface area (Å²) < 4.78 is 1.01. The molecule has 0 spiro atoms. The first kappa shape index (κ1) is 16.1. The molecule has 0 saturated heterocycles. The van der Waals surface area contributed by atoms with E-state index in [1.807, 2.05) is 49.4 Å². The van der Waals surface area contributed by atoms with Gasteiger partial charge in [0.15, 0.2) is 0 Å². The summed E-state index contributed by atoms with van der Waals surface area (Å²) in [7, 11) is 0. The van der Waals surface area contributed by atoms with Gasteiger partial charge in [-0.1, -0.05) is 64.5 Å². The minimum absolute atomic E-state index is 0.0544. The standard InChI is InChI=1S/C19H21BrN2O/c1-13(16-9-5-6-10-17(16)20)21-19(23)22-18(15-11-12-15)14-7-3-2-4-8-14/h2-10,13,15,18H,11-12H2,1H3,(H2,21,22,23). The molecule has 1 fully saturated rings. The quantitative estimate of drug-likeness (QED) is 0.764. The number of carbonyl (C=O) groups is 1. The van der Waals surface area contributed by atoms with Gasteiger partial charge < -0.3 is 10.6 Å². The van der Waals surface area contributed by atoms with E-state index in [9.17, 15) is 4.79 Å². The van der Waals surface area contributed by atoms with Crippen molar-refractivity contribution in [1.29, 1.82) is 0 Å². The lowest BCUT2D eigenvalue weighted by molar-refractivity contribution is 0.232. The van der Waals surface area contributed by atoms with Crippen molar-refractivity contribution in [2.45, 2.75) is 31.8 Å². The predicted molar refractivity (Wildman–Crippen MR) is 96.1 cm³/mol. The van der Waals surface area contributed by atoms with Crippen LogP contribution in [-0.4, -0.2) is 6.03 Å². The van der Waals surface area contributed by atoms with Crippen LogP contribution in [0.5, 0.6) is 0 Å². The molecule has 2 N–H and O–H groups in total. The summed E-state index contributed by atoms with van der Waals surface area (Å²) in [5, 5.41) is 6.19. The van der Waals surface area contributed by atoms with E-state index < -0.39 is 0 Å². The minimum atomic E-state index is -0.117. The lowest BCUT2D eigenvalue weighted by Gasteiger charge is -2.22. The Labute approximate surface area is 145 Å². The lowest BCUT2D eigenvalue weighted by Crippen LogP contribution is -2.40. The Morgan fingerprint density at radius 3 is 2.35 bits per heavy atom. The highest BCUT2D eigenvalue weighted by Crippen LogP contribution is 2.40. The molecular formula is C19H21BrN2O. The second-order valence-electron chi connectivity index (χ2n) is 6.09. The van der Waals surface area contributed by atoms with Crippen molar-refractivity contribution < 1.29 is 4.79 Å². The molecule has 0 aliphatic heterocycles. The molecule has 3 rings (SSSR count). The summed E-state index contributed by atoms with van der Waals surface area (Å²) in [5.74, 6) is 0.557. The third-order valence-electron chi connectivity index (χ3n) is 4.26. The topological polar surface area (TPSA) is 41.1 Å². The number of halogens is 1. The molecule has 120 valence electrons. The van der Waals surface area contributed by atoms with Crippen molar-refractivity contribution in [3.8, 4) is 0 Å². The fraction of sp³-hybridized carbons (Fsp3) is 0.316. The highest BCUT2D eigenvalue weighted by Gasteiger charge is 2.33. The average Bonchev–Trinajstić information content (AvgIpc) is 3.38. The van der Waals surface area contributed by atoms with Crippen LogP contribution in [0.15, 0.2) is 59.1 Å². The smallest absolute Gasteiger partial charge is 0.315 e. The van der Waals surface area contributed by atoms with Crippen molar-refractivity contribution in [1.82, 2.24) is 10.6 Å². The van der Waals surface area contributed by atoms with Gasteiger partial charge in [-0.25, -0.2) is 4.79 Å². The molecule has 2 aromatic rings. The van der Waals surface area contributed by atoms with Crippen LogP contribution in [-0.2, 0) is 0 Å². The summed E-state index contributed by atoms with van der Waals surface area (Å²) in [6.07, 6.45) is 2.36. The van der Waals surface area contributed by atoms with Crippen LogP contribution in [0.2, 0.25) is 0 Å². The van der Waals surface area contributed by atoms with Gasteiger partial charge in [0.2, 0.25) is 0 Å². The monoisotopic (exact) mass is 372 g/mol. The molecule has 1 saturated carbocycles. The Bertz CT molecular complexity index is 670. The summed E-state index contributed by atoms with van der Waals surface area (Å²) in [4.78, 5) is 12.4. The Morgan fingerprint density at radius 2 is 1.70 bits per heavy atom. The van der Waals surface area contributed by atoms with Gasteiger partial charge >= 0.3 is 6.03 Å². The number of benzene rings is 2. The fourth-order valence-electron chi connectivity index (χ4n) is 2.85. The second kappa shape index (κ2) is 7.18. The molecule has 1 aliphatic carbocycles. The fourth-order valence-corrected chi connectivity index (χ4v) is 3.47. The second-order valence-corrected chi connectivity index (χ2v) is 6.94. The molecule has 2 unspecified atom stereocenters. The Balaban J connectivity index is 1.65. The van der Waals surface area contributed by atoms with Gasteiger partial charge in [0.25, 0.3) is 0 Å². The zero-order valence-electron chi connectivity index (χ0n) is 13.1. The van der Waals surface area contributed by atoms with Crippen LogP contribution >= 0.6 is 15.9 Å². The van der Waals surface area contributed by atoms with E-state index in [0.717, 1.165) is 10.0 Å². The van der Waals surface area contributed by atoms with Crippen LogP contribution in [0.25, 0.3) is 0 Å². The zero-order chi connectivity index (χ0) is 16.2. The van der Waals surface area contributed by atoms with Crippen LogP contribution in [0, 0.1) is 5.92 Å². The van der Waals surface area contributed by atoms with Crippen LogP contribution in [0.1, 0.15) is 43.0 Å². The molecule has 1 aliphatic rings. The van der Waals surface area contributed by atoms with Crippen molar-refractivity contribution >= 4 is 22.0 Å². The maximum atomic E-state index is 12.4. The first-order valence-electron chi connectivity index (χ1n) is 8.01. The van der Waals surface area contributed by atoms with E-state index in [1.54, 1.807) is 0 Å². The SMILES string of the molecule is CC(NC(=O)NC(c1ccccc1)C1CC1)c1ccccc1Br. The first-order valence-corrected chi connectivity index (χ1v) is 8.81. The van der Waals surface area contributed by atoms with Crippen LogP contribution in [0.4, 0.5) is 4.79 Å². The summed E-state index contributed by atoms with van der Waals surface area (Å²) in [6.45, 7) is 1.99. The minimum Gasteiger partial charge on any atom is -0.332 e. The van der Waals surface area contributed by atoms with Crippen molar-refractivity contribution in [3.63, 3.8) is 0 Å². The van der Waals surface area contributed by atoms with Gasteiger partial charge in [0.1, 0.15) is 0 Å². The molecule has 3 nitrogen and oxygen atoms in total. The third kappa shape index (κ3) is 4.14. The molecule has 23 heavy (non-hydrogen) atoms. The predicted octanol–water partition coefficient (Wildman–Crippen LogP) is 4.96. The maximum Gasteiger partial charge on any atom is 0.315 e. The average molecular weight is 373 g/mol. The van der Waals surface area contributed by atoms with Gasteiger partial charge in [-0.3, -0.25) is 0 Å². The molecule has 2 aromatic carbocycles. The number of amides is 2. The van der Waals surface area contributed by atoms with E-state index in [4.69, 9.17) is 0 Å². The van der Waals surface area contributed by atoms with E-state index in [1.165, 1.54) is 18.4 Å². The van der Waals surface area contributed by atoms with Crippen LogP contribution in [0.3, 0.4) is 0 Å². The Hall–Kier alpha value is -1.81. The highest BCUT2D eigenvalue weighted by atomic mass is 79.9. The first-order chi connectivity index (χ1) is 11.1. The third-order valence-corrected chi connectivity index (χ3v) is 4.98. The van der Waals surface area contributed by atoms with Gasteiger partial charge in [-0.15, -0.1) is 0 Å². The van der Waals surface area contributed by atoms with Crippen molar-refractivity contribution in [2.75, 3.05) is 0 Å². The lowest BCUT2D eigenvalue weighted by atomic mass is 10.0. The van der Waals surface area contributed by atoms with Gasteiger partial charge in [0.05, 0.1) is 12.1 Å². The summed E-state index contributed by atoms with van der Waals surface area (Å²) in [6, 6.07) is 18.1. The van der Waals surface area contributed by atoms with Crippen molar-refractivity contribution in [3.05, 3.63) is 70.2 Å². The van der Waals surface area contributed by atoms with Crippen LogP contribution < -0.4 is 10.6 Å². The molecule has 0 bridgehead atoms.